The van der Waals surface area contributed by atoms with E-state index in [0.717, 1.165) is 0 Å². The number of hydrazine groups is 1. The van der Waals surface area contributed by atoms with Gasteiger partial charge in [-0.1, -0.05) is 12.7 Å². The highest BCUT2D eigenvalue weighted by atomic mass is 15.2. The molecular weight excluding hydrogens is 138 g/mol. The van der Waals surface area contributed by atoms with Gasteiger partial charge in [-0.15, -0.1) is 0 Å². The zero-order valence-electron chi connectivity index (χ0n) is 13.9. The Balaban J connectivity index is 3.43. The molecule has 0 amide bonds. The molecule has 0 heterocycles. The Kier molecular flexibility index (Phi) is 1.07. The average Bonchev–Trinajstić information content (AvgIpc) is 2.32. The number of rotatable bonds is 3. The summed E-state index contributed by atoms with van der Waals surface area (Å²) in [4.78, 5) is 0. The molecule has 1 aliphatic carbocycles. The average molecular weight is 161 g/mol. The number of hydrogen-bond donors (Lipinski definition) is 2. The molecule has 11 heavy (non-hydrogen) atoms. The highest BCUT2D eigenvalue weighted by Gasteiger charge is 2.23. The Morgan fingerprint density at radius 2 is 2.36 bits per heavy atom. The van der Waals surface area contributed by atoms with Crippen LogP contribution in [0.4, 0.5) is 0 Å². The fraction of sp³-hybridized carbons (Fsp3) is 0.875. The van der Waals surface area contributed by atoms with Crippen molar-refractivity contribution in [1.29, 1.82) is 5.26 Å². The van der Waals surface area contributed by atoms with Gasteiger partial charge >= 0.3 is 0 Å². The van der Waals surface area contributed by atoms with E-state index < -0.39 is 37.5 Å². The van der Waals surface area contributed by atoms with Gasteiger partial charge in [0.25, 0.3) is 0 Å². The summed E-state index contributed by atoms with van der Waals surface area (Å²) in [5.74, 6) is 3.45. The molecule has 3 nitrogen and oxygen atoms in total. The summed E-state index contributed by atoms with van der Waals surface area (Å²) in [5, 5.41) is 8.65. The minimum Gasteiger partial charge on any atom is -0.271 e. The van der Waals surface area contributed by atoms with E-state index in [-0.39, 0.29) is 6.42 Å². The predicted molar refractivity (Wildman–Crippen MR) is 43.3 cm³/mol. The van der Waals surface area contributed by atoms with Gasteiger partial charge in [-0.2, -0.15) is 5.26 Å². The topological polar surface area (TPSA) is 61.8 Å². The van der Waals surface area contributed by atoms with Gasteiger partial charge in [-0.3, -0.25) is 11.3 Å². The quantitative estimate of drug-likeness (QED) is 0.478. The molecule has 1 rings (SSSR count). The van der Waals surface area contributed by atoms with Crippen molar-refractivity contribution in [1.82, 2.24) is 5.43 Å². The molecule has 62 valence electrons. The van der Waals surface area contributed by atoms with Gasteiger partial charge in [0.05, 0.1) is 12.5 Å². The Labute approximate surface area is 78.8 Å². The molecule has 1 atom stereocenters. The van der Waals surface area contributed by atoms with Gasteiger partial charge in [0, 0.05) is 17.0 Å². The van der Waals surface area contributed by atoms with E-state index in [1.54, 1.807) is 6.07 Å². The highest BCUT2D eigenvalue weighted by molar-refractivity contribution is 4.86. The van der Waals surface area contributed by atoms with Crippen LogP contribution < -0.4 is 11.3 Å². The predicted octanol–water partition coefficient (Wildman–Crippen LogP) is 0.922. The van der Waals surface area contributed by atoms with E-state index in [0.29, 0.717) is 0 Å². The molecule has 1 aliphatic rings. The third-order valence-corrected chi connectivity index (χ3v) is 1.45. The lowest BCUT2D eigenvalue weighted by Gasteiger charge is -2.18. The first-order chi connectivity index (χ1) is 8.39. The summed E-state index contributed by atoms with van der Waals surface area (Å²) in [6.07, 6.45) is -12.1. The molecule has 0 aliphatic heterocycles. The summed E-state index contributed by atoms with van der Waals surface area (Å²) in [5.41, 5.74) is 2.10. The molecule has 3 heteroatoms. The summed E-state index contributed by atoms with van der Waals surface area (Å²) < 4.78 is 61.5. The summed E-state index contributed by atoms with van der Waals surface area (Å²) in [6, 6.07) is 0.513. The number of nitriles is 1. The molecule has 0 aromatic heterocycles. The van der Waals surface area contributed by atoms with Crippen molar-refractivity contribution in [3.05, 3.63) is 0 Å². The van der Waals surface area contributed by atoms with Crippen molar-refractivity contribution in [2.45, 2.75) is 38.0 Å². The van der Waals surface area contributed by atoms with E-state index in [2.05, 4.69) is 5.43 Å². The van der Waals surface area contributed by atoms with Crippen LogP contribution in [-0.2, 0) is 0 Å². The first kappa shape index (κ1) is 2.72. The van der Waals surface area contributed by atoms with Gasteiger partial charge in [0.2, 0.25) is 0 Å². The second-order valence-corrected chi connectivity index (χ2v) is 2.15. The lowest BCUT2D eigenvalue weighted by Crippen LogP contribution is -2.39. The Morgan fingerprint density at radius 1 is 1.73 bits per heavy atom. The largest absolute Gasteiger partial charge is 0.271 e. The van der Waals surface area contributed by atoms with Crippen LogP contribution in [-0.4, -0.2) is 6.04 Å². The first-order valence-corrected chi connectivity index (χ1v) is 3.22. The molecule has 0 bridgehead atoms. The minimum atomic E-state index is -3.04. The first-order valence-electron chi connectivity index (χ1n) is 7.22. The van der Waals surface area contributed by atoms with Crippen LogP contribution in [0.2, 0.25) is 0 Å². The van der Waals surface area contributed by atoms with Crippen LogP contribution in [0.15, 0.2) is 0 Å². The number of nitrogens with two attached hydrogens (primary N) is 1. The Morgan fingerprint density at radius 3 is 2.82 bits per heavy atom. The van der Waals surface area contributed by atoms with Crippen molar-refractivity contribution in [2.24, 2.45) is 11.8 Å². The lowest BCUT2D eigenvalue weighted by atomic mass is 9.97. The zero-order valence-corrected chi connectivity index (χ0v) is 5.89. The molecule has 1 saturated carbocycles. The third-order valence-electron chi connectivity index (χ3n) is 1.45. The van der Waals surface area contributed by atoms with Crippen LogP contribution in [0.1, 0.15) is 42.9 Å². The second kappa shape index (κ2) is 4.32. The van der Waals surface area contributed by atoms with Crippen LogP contribution >= 0.6 is 0 Å². The molecule has 0 saturated heterocycles. The van der Waals surface area contributed by atoms with Crippen LogP contribution in [0.3, 0.4) is 0 Å². The molecule has 0 radical (unpaired) electrons. The molecule has 1 fully saturated rings. The fourth-order valence-electron chi connectivity index (χ4n) is 0.836. The Hall–Kier alpha value is -0.590. The second-order valence-electron chi connectivity index (χ2n) is 2.15. The fourth-order valence-corrected chi connectivity index (χ4v) is 0.836. The Bertz CT molecular complexity index is 375. The number of nitrogens with zero attached hydrogens (tertiary/aromatic N) is 1. The van der Waals surface area contributed by atoms with Gasteiger partial charge in [0.1, 0.15) is 0 Å². The van der Waals surface area contributed by atoms with Crippen LogP contribution in [0, 0.1) is 17.2 Å². The van der Waals surface area contributed by atoms with Gasteiger partial charge < -0.3 is 0 Å². The summed E-state index contributed by atoms with van der Waals surface area (Å²) in [6.45, 7) is 0. The van der Waals surface area contributed by atoms with E-state index in [4.69, 9.17) is 22.1 Å². The van der Waals surface area contributed by atoms with Crippen molar-refractivity contribution in [3.63, 3.8) is 0 Å². The maximum atomic E-state index is 8.65. The number of nitrogens with one attached hydrogen (secondary N) is 1. The van der Waals surface area contributed by atoms with Crippen LogP contribution in [0.25, 0.3) is 0 Å². The van der Waals surface area contributed by atoms with Crippen molar-refractivity contribution in [2.75, 3.05) is 0 Å². The third kappa shape index (κ3) is 2.18. The summed E-state index contributed by atoms with van der Waals surface area (Å²) in [7, 11) is 0. The number of hydrogen-bond acceptors (Lipinski definition) is 3. The standard InChI is InChI=1S/C8H15N3/c9-6-5-8(11-10)7-3-1-2-4-7/h7-8,11H,1-5,10H2/i1D2,2D2,3D2,4D2. The minimum absolute atomic E-state index is 0.355. The lowest BCUT2D eigenvalue weighted by molar-refractivity contribution is 0.368. The molecule has 1 unspecified atom stereocenters. The molecule has 0 aromatic carbocycles. The van der Waals surface area contributed by atoms with E-state index >= 15 is 0 Å². The van der Waals surface area contributed by atoms with Gasteiger partial charge in [-0.05, 0) is 18.7 Å². The normalized spacial score (nSPS) is 50.5. The molecule has 3 N–H and O–H groups in total. The monoisotopic (exact) mass is 161 g/mol. The van der Waals surface area contributed by atoms with Crippen molar-refractivity contribution in [3.8, 4) is 6.07 Å². The van der Waals surface area contributed by atoms with Gasteiger partial charge in [-0.25, -0.2) is 0 Å². The SMILES string of the molecule is [2H]C1([2H])C(C(CC#N)NN)C([2H])([2H])C([2H])([2H])C1([2H])[2H]. The highest BCUT2D eigenvalue weighted by Crippen LogP contribution is 2.28. The molecule has 0 aromatic rings. The maximum absolute atomic E-state index is 8.65. The van der Waals surface area contributed by atoms with Crippen molar-refractivity contribution < 1.29 is 11.0 Å². The maximum Gasteiger partial charge on any atom is 0.0638 e. The van der Waals surface area contributed by atoms with E-state index in [1.807, 2.05) is 0 Å². The van der Waals surface area contributed by atoms with Gasteiger partial charge in [0.15, 0.2) is 0 Å². The molecule has 0 spiro atoms. The molecular formula is C8H15N3. The zero-order chi connectivity index (χ0) is 15.3. The smallest absolute Gasteiger partial charge is 0.0638 e. The van der Waals surface area contributed by atoms with Crippen molar-refractivity contribution >= 4 is 0 Å². The summed E-state index contributed by atoms with van der Waals surface area (Å²) >= 11 is 0. The van der Waals surface area contributed by atoms with E-state index in [9.17, 15) is 0 Å². The van der Waals surface area contributed by atoms with Crippen LogP contribution in [0.5, 0.6) is 0 Å². The van der Waals surface area contributed by atoms with E-state index in [1.165, 1.54) is 0 Å².